The first-order chi connectivity index (χ1) is 10.2. The number of anilines is 2. The molecule has 1 aromatic rings. The molecule has 21 heavy (non-hydrogen) atoms. The van der Waals surface area contributed by atoms with E-state index in [-0.39, 0.29) is 0 Å². The molecule has 5 nitrogen and oxygen atoms in total. The Balaban J connectivity index is 1.70. The largest absolute Gasteiger partial charge is 0.389 e. The Bertz CT molecular complexity index is 481. The van der Waals surface area contributed by atoms with Crippen LogP contribution in [-0.2, 0) is 0 Å². The summed E-state index contributed by atoms with van der Waals surface area (Å²) in [5.41, 5.74) is -0.430. The number of fused-ring (bicyclic) bond motifs is 1. The Morgan fingerprint density at radius 2 is 2.29 bits per heavy atom. The molecule has 5 heteroatoms. The fourth-order valence-electron chi connectivity index (χ4n) is 3.63. The highest BCUT2D eigenvalue weighted by Gasteiger charge is 2.43. The van der Waals surface area contributed by atoms with E-state index in [9.17, 15) is 5.11 Å². The lowest BCUT2D eigenvalue weighted by molar-refractivity contribution is -0.0613. The molecule has 0 spiro atoms. The molecule has 2 heterocycles. The van der Waals surface area contributed by atoms with Gasteiger partial charge in [0.25, 0.3) is 0 Å². The van der Waals surface area contributed by atoms with E-state index in [0.29, 0.717) is 5.92 Å². The maximum atomic E-state index is 10.8. The minimum Gasteiger partial charge on any atom is -0.389 e. The van der Waals surface area contributed by atoms with Gasteiger partial charge >= 0.3 is 0 Å². The van der Waals surface area contributed by atoms with Gasteiger partial charge in [-0.05, 0) is 25.7 Å². The fourth-order valence-corrected chi connectivity index (χ4v) is 3.63. The Hall–Kier alpha value is -1.36. The number of nitrogens with zero attached hydrogens (tertiary/aromatic N) is 3. The van der Waals surface area contributed by atoms with Crippen LogP contribution in [0.3, 0.4) is 0 Å². The molecule has 0 bridgehead atoms. The van der Waals surface area contributed by atoms with Crippen LogP contribution < -0.4 is 10.2 Å². The lowest BCUT2D eigenvalue weighted by atomic mass is 9.71. The minimum absolute atomic E-state index is 0.383. The number of aromatic nitrogens is 2. The molecule has 2 aliphatic rings. The van der Waals surface area contributed by atoms with Crippen LogP contribution >= 0.6 is 0 Å². The summed E-state index contributed by atoms with van der Waals surface area (Å²) in [6.45, 7) is 4.83. The van der Waals surface area contributed by atoms with Crippen molar-refractivity contribution in [3.05, 3.63) is 12.4 Å². The zero-order valence-corrected chi connectivity index (χ0v) is 12.9. The van der Waals surface area contributed by atoms with E-state index in [1.54, 1.807) is 6.20 Å². The number of rotatable bonds is 4. The molecule has 1 saturated heterocycles. The Morgan fingerprint density at radius 1 is 1.38 bits per heavy atom. The van der Waals surface area contributed by atoms with Crippen molar-refractivity contribution in [3.8, 4) is 0 Å². The van der Waals surface area contributed by atoms with Crippen LogP contribution in [0, 0.1) is 5.92 Å². The van der Waals surface area contributed by atoms with Gasteiger partial charge in [-0.2, -0.15) is 0 Å². The Labute approximate surface area is 126 Å². The molecular formula is C16H26N4O. The average Bonchev–Trinajstić information content (AvgIpc) is 2.52. The molecule has 2 atom stereocenters. The van der Waals surface area contributed by atoms with Gasteiger partial charge in [0, 0.05) is 25.6 Å². The predicted octanol–water partition coefficient (Wildman–Crippen LogP) is 2.43. The summed E-state index contributed by atoms with van der Waals surface area (Å²) in [6.07, 6.45) is 10.1. The molecule has 0 radical (unpaired) electrons. The second-order valence-corrected chi connectivity index (χ2v) is 6.43. The molecule has 2 fully saturated rings. The second kappa shape index (κ2) is 6.18. The molecule has 3 rings (SSSR count). The van der Waals surface area contributed by atoms with Gasteiger partial charge in [-0.25, -0.2) is 4.98 Å². The lowest BCUT2D eigenvalue weighted by Crippen LogP contribution is -2.53. The van der Waals surface area contributed by atoms with Crippen LogP contribution in [0.2, 0.25) is 0 Å². The molecule has 0 amide bonds. The van der Waals surface area contributed by atoms with Gasteiger partial charge in [0.1, 0.15) is 11.6 Å². The van der Waals surface area contributed by atoms with Crippen molar-refractivity contribution in [1.82, 2.24) is 9.97 Å². The standard InChI is InChI=1S/C16H26N4O/c1-2-8-18-14-10-17-11-15(19-14)20-9-7-16(21)6-4-3-5-13(16)12-20/h10-11,13,21H,2-9,12H2,1H3,(H,18,19). The highest BCUT2D eigenvalue weighted by atomic mass is 16.3. The fraction of sp³-hybridized carbons (Fsp3) is 0.750. The van der Waals surface area contributed by atoms with E-state index < -0.39 is 5.60 Å². The highest BCUT2D eigenvalue weighted by Crippen LogP contribution is 2.40. The van der Waals surface area contributed by atoms with Crippen LogP contribution in [0.4, 0.5) is 11.6 Å². The van der Waals surface area contributed by atoms with Crippen molar-refractivity contribution in [2.75, 3.05) is 29.9 Å². The second-order valence-electron chi connectivity index (χ2n) is 6.43. The smallest absolute Gasteiger partial charge is 0.149 e. The van der Waals surface area contributed by atoms with Gasteiger partial charge in [0.15, 0.2) is 0 Å². The van der Waals surface area contributed by atoms with E-state index in [0.717, 1.165) is 57.0 Å². The van der Waals surface area contributed by atoms with Crippen LogP contribution in [-0.4, -0.2) is 40.3 Å². The lowest BCUT2D eigenvalue weighted by Gasteiger charge is -2.47. The molecule has 1 saturated carbocycles. The summed E-state index contributed by atoms with van der Waals surface area (Å²) in [5, 5.41) is 14.0. The maximum Gasteiger partial charge on any atom is 0.149 e. The van der Waals surface area contributed by atoms with Crippen LogP contribution in [0.15, 0.2) is 12.4 Å². The van der Waals surface area contributed by atoms with E-state index in [1.807, 2.05) is 6.20 Å². The zero-order valence-electron chi connectivity index (χ0n) is 12.9. The van der Waals surface area contributed by atoms with Crippen molar-refractivity contribution < 1.29 is 5.11 Å². The quantitative estimate of drug-likeness (QED) is 0.892. The normalized spacial score (nSPS) is 29.0. The molecule has 116 valence electrons. The molecule has 2 N–H and O–H groups in total. The molecule has 1 aromatic heterocycles. The molecular weight excluding hydrogens is 264 g/mol. The number of hydrogen-bond donors (Lipinski definition) is 2. The first-order valence-electron chi connectivity index (χ1n) is 8.24. The Morgan fingerprint density at radius 3 is 3.14 bits per heavy atom. The number of nitrogens with one attached hydrogen (secondary N) is 1. The van der Waals surface area contributed by atoms with Crippen molar-refractivity contribution in [3.63, 3.8) is 0 Å². The third kappa shape index (κ3) is 3.12. The van der Waals surface area contributed by atoms with Crippen molar-refractivity contribution in [1.29, 1.82) is 0 Å². The summed E-state index contributed by atoms with van der Waals surface area (Å²) >= 11 is 0. The number of piperidine rings is 1. The highest BCUT2D eigenvalue weighted by molar-refractivity contribution is 5.44. The average molecular weight is 290 g/mol. The van der Waals surface area contributed by atoms with E-state index in [1.165, 1.54) is 12.8 Å². The first kappa shape index (κ1) is 14.6. The van der Waals surface area contributed by atoms with Crippen molar-refractivity contribution in [2.24, 2.45) is 5.92 Å². The third-order valence-electron chi connectivity index (χ3n) is 4.93. The van der Waals surface area contributed by atoms with E-state index in [2.05, 4.69) is 27.1 Å². The summed E-state index contributed by atoms with van der Waals surface area (Å²) in [7, 11) is 0. The first-order valence-corrected chi connectivity index (χ1v) is 8.24. The number of hydrogen-bond acceptors (Lipinski definition) is 5. The molecule has 1 aliphatic heterocycles. The van der Waals surface area contributed by atoms with Crippen molar-refractivity contribution >= 4 is 11.6 Å². The minimum atomic E-state index is -0.430. The summed E-state index contributed by atoms with van der Waals surface area (Å²) in [6, 6.07) is 0. The monoisotopic (exact) mass is 290 g/mol. The van der Waals surface area contributed by atoms with E-state index in [4.69, 9.17) is 0 Å². The van der Waals surface area contributed by atoms with Gasteiger partial charge < -0.3 is 15.3 Å². The van der Waals surface area contributed by atoms with Crippen LogP contribution in [0.5, 0.6) is 0 Å². The van der Waals surface area contributed by atoms with Gasteiger partial charge in [0.05, 0.1) is 18.0 Å². The van der Waals surface area contributed by atoms with Gasteiger partial charge in [-0.15, -0.1) is 0 Å². The molecule has 2 unspecified atom stereocenters. The number of aliphatic hydroxyl groups is 1. The van der Waals surface area contributed by atoms with Crippen LogP contribution in [0.1, 0.15) is 45.4 Å². The topological polar surface area (TPSA) is 61.3 Å². The maximum absolute atomic E-state index is 10.8. The molecule has 0 aromatic carbocycles. The van der Waals surface area contributed by atoms with Gasteiger partial charge in [-0.1, -0.05) is 19.8 Å². The van der Waals surface area contributed by atoms with Crippen LogP contribution in [0.25, 0.3) is 0 Å². The van der Waals surface area contributed by atoms with Gasteiger partial charge in [0.2, 0.25) is 0 Å². The zero-order chi connectivity index (χ0) is 14.7. The Kier molecular flexibility index (Phi) is 4.29. The summed E-state index contributed by atoms with van der Waals surface area (Å²) < 4.78 is 0. The van der Waals surface area contributed by atoms with E-state index >= 15 is 0 Å². The summed E-state index contributed by atoms with van der Waals surface area (Å²) in [5.74, 6) is 2.16. The third-order valence-corrected chi connectivity index (χ3v) is 4.93. The summed E-state index contributed by atoms with van der Waals surface area (Å²) in [4.78, 5) is 11.3. The van der Waals surface area contributed by atoms with Crippen molar-refractivity contribution in [2.45, 2.75) is 51.0 Å². The SMILES string of the molecule is CCCNc1cncc(N2CCC3(O)CCCCC3C2)n1. The van der Waals surface area contributed by atoms with Gasteiger partial charge in [-0.3, -0.25) is 4.98 Å². The predicted molar refractivity (Wildman–Crippen MR) is 84.6 cm³/mol. The molecule has 1 aliphatic carbocycles.